The molecular weight excluding hydrogens is 310 g/mol. The first-order valence-electron chi connectivity index (χ1n) is 8.14. The van der Waals surface area contributed by atoms with Gasteiger partial charge in [0.05, 0.1) is 6.26 Å². The summed E-state index contributed by atoms with van der Waals surface area (Å²) < 4.78 is 27.0. The quantitative estimate of drug-likeness (QED) is 0.839. The number of hydrogen-bond donors (Lipinski definition) is 0. The minimum Gasteiger partial charge on any atom is -0.346 e. The third-order valence-electron chi connectivity index (χ3n) is 4.89. The summed E-state index contributed by atoms with van der Waals surface area (Å²) in [5.74, 6) is 0. The Morgan fingerprint density at radius 3 is 2.57 bits per heavy atom. The summed E-state index contributed by atoms with van der Waals surface area (Å²) in [5, 5.41) is 1.27. The van der Waals surface area contributed by atoms with Gasteiger partial charge in [-0.05, 0) is 37.4 Å². The maximum atomic E-state index is 11.6. The van der Waals surface area contributed by atoms with Crippen LogP contribution in [-0.4, -0.2) is 61.2 Å². The molecule has 126 valence electrons. The van der Waals surface area contributed by atoms with E-state index in [1.54, 1.807) is 4.31 Å². The molecule has 6 heteroatoms. The van der Waals surface area contributed by atoms with Crippen molar-refractivity contribution in [3.63, 3.8) is 0 Å². The molecule has 0 atom stereocenters. The Kier molecular flexibility index (Phi) is 4.75. The van der Waals surface area contributed by atoms with Gasteiger partial charge >= 0.3 is 0 Å². The first-order valence-corrected chi connectivity index (χ1v) is 9.99. The lowest BCUT2D eigenvalue weighted by molar-refractivity contribution is 0.165. The number of aromatic nitrogens is 1. The fraction of sp³-hybridized carbons (Fsp3) is 0.529. The van der Waals surface area contributed by atoms with Gasteiger partial charge in [0, 0.05) is 43.9 Å². The van der Waals surface area contributed by atoms with Crippen molar-refractivity contribution in [2.45, 2.75) is 25.4 Å². The van der Waals surface area contributed by atoms with Gasteiger partial charge in [-0.1, -0.05) is 18.2 Å². The second kappa shape index (κ2) is 6.63. The lowest BCUT2D eigenvalue weighted by atomic mass is 10.1. The van der Waals surface area contributed by atoms with E-state index in [4.69, 9.17) is 0 Å². The first kappa shape index (κ1) is 16.5. The molecule has 2 heterocycles. The fourth-order valence-corrected chi connectivity index (χ4v) is 4.27. The zero-order chi connectivity index (χ0) is 16.4. The lowest BCUT2D eigenvalue weighted by Crippen LogP contribution is -2.45. The number of likely N-dealkylation sites (N-methyl/N-ethyl adjacent to an activating group) is 1. The minimum atomic E-state index is -3.04. The second-order valence-electron chi connectivity index (χ2n) is 6.44. The normalized spacial score (nSPS) is 18.0. The Bertz CT molecular complexity index is 761. The van der Waals surface area contributed by atoms with Crippen molar-refractivity contribution < 1.29 is 8.42 Å². The van der Waals surface area contributed by atoms with Crippen LogP contribution in [0.15, 0.2) is 36.5 Å². The van der Waals surface area contributed by atoms with Gasteiger partial charge in [0.25, 0.3) is 0 Å². The molecule has 1 saturated heterocycles. The number of benzene rings is 1. The number of hydrogen-bond acceptors (Lipinski definition) is 3. The molecule has 3 rings (SSSR count). The molecule has 0 N–H and O–H groups in total. The van der Waals surface area contributed by atoms with Gasteiger partial charge in [0.2, 0.25) is 10.0 Å². The Morgan fingerprint density at radius 2 is 1.87 bits per heavy atom. The molecule has 0 unspecified atom stereocenters. The molecule has 1 aromatic carbocycles. The van der Waals surface area contributed by atoms with Crippen molar-refractivity contribution >= 4 is 20.9 Å². The molecule has 5 nitrogen and oxygen atoms in total. The predicted molar refractivity (Wildman–Crippen MR) is 94.0 cm³/mol. The van der Waals surface area contributed by atoms with Crippen LogP contribution in [0.1, 0.15) is 12.8 Å². The Labute approximate surface area is 138 Å². The van der Waals surface area contributed by atoms with Gasteiger partial charge in [-0.3, -0.25) is 0 Å². The van der Waals surface area contributed by atoms with Crippen molar-refractivity contribution in [3.8, 4) is 0 Å². The summed E-state index contributed by atoms with van der Waals surface area (Å²) in [5.41, 5.74) is 1.27. The van der Waals surface area contributed by atoms with Crippen molar-refractivity contribution in [1.82, 2.24) is 13.8 Å². The van der Waals surface area contributed by atoms with Crippen LogP contribution < -0.4 is 0 Å². The topological polar surface area (TPSA) is 45.5 Å². The maximum absolute atomic E-state index is 11.6. The zero-order valence-electron chi connectivity index (χ0n) is 13.9. The predicted octanol–water partition coefficient (Wildman–Crippen LogP) is 2.00. The van der Waals surface area contributed by atoms with E-state index in [0.717, 1.165) is 25.9 Å². The average Bonchev–Trinajstić information content (AvgIpc) is 2.95. The highest BCUT2D eigenvalue weighted by Gasteiger charge is 2.26. The molecule has 0 spiro atoms. The number of nitrogens with zero attached hydrogens (tertiary/aromatic N) is 3. The summed E-state index contributed by atoms with van der Waals surface area (Å²) in [6.45, 7) is 3.21. The van der Waals surface area contributed by atoms with Gasteiger partial charge in [0.15, 0.2) is 0 Å². The van der Waals surface area contributed by atoms with Crippen molar-refractivity contribution in [2.75, 3.05) is 32.9 Å². The highest BCUT2D eigenvalue weighted by molar-refractivity contribution is 7.88. The number of fused-ring (bicyclic) bond motifs is 1. The lowest BCUT2D eigenvalue weighted by Gasteiger charge is -2.35. The van der Waals surface area contributed by atoms with Gasteiger partial charge in [0.1, 0.15) is 0 Å². The third-order valence-corrected chi connectivity index (χ3v) is 6.19. The molecule has 1 aromatic heterocycles. The first-order chi connectivity index (χ1) is 10.9. The largest absolute Gasteiger partial charge is 0.346 e. The molecule has 1 fully saturated rings. The smallest absolute Gasteiger partial charge is 0.211 e. The molecule has 0 aliphatic carbocycles. The molecule has 0 radical (unpaired) electrons. The van der Waals surface area contributed by atoms with E-state index in [2.05, 4.69) is 53.0 Å². The molecule has 1 aliphatic heterocycles. The highest BCUT2D eigenvalue weighted by atomic mass is 32.2. The van der Waals surface area contributed by atoms with E-state index in [1.807, 2.05) is 0 Å². The molecule has 0 saturated carbocycles. The summed E-state index contributed by atoms with van der Waals surface area (Å²) in [4.78, 5) is 2.37. The molecule has 0 bridgehead atoms. The number of sulfonamides is 1. The van der Waals surface area contributed by atoms with E-state index < -0.39 is 10.0 Å². The van der Waals surface area contributed by atoms with Crippen LogP contribution in [0.25, 0.3) is 10.9 Å². The number of para-hydroxylation sites is 1. The molecule has 23 heavy (non-hydrogen) atoms. The summed E-state index contributed by atoms with van der Waals surface area (Å²) in [7, 11) is -0.891. The Balaban J connectivity index is 1.55. The monoisotopic (exact) mass is 335 g/mol. The van der Waals surface area contributed by atoms with Crippen molar-refractivity contribution in [3.05, 3.63) is 36.5 Å². The summed E-state index contributed by atoms with van der Waals surface area (Å²) in [6, 6.07) is 11.0. The second-order valence-corrected chi connectivity index (χ2v) is 8.42. The van der Waals surface area contributed by atoms with Gasteiger partial charge in [-0.2, -0.15) is 0 Å². The minimum absolute atomic E-state index is 0.467. The van der Waals surface area contributed by atoms with E-state index in [9.17, 15) is 8.42 Å². The molecule has 0 amide bonds. The van der Waals surface area contributed by atoms with Crippen LogP contribution in [-0.2, 0) is 16.6 Å². The average molecular weight is 335 g/mol. The highest BCUT2D eigenvalue weighted by Crippen LogP contribution is 2.19. The molecular formula is C17H25N3O2S. The van der Waals surface area contributed by atoms with Crippen LogP contribution in [0.5, 0.6) is 0 Å². The van der Waals surface area contributed by atoms with Gasteiger partial charge < -0.3 is 9.47 Å². The summed E-state index contributed by atoms with van der Waals surface area (Å²) >= 11 is 0. The van der Waals surface area contributed by atoms with Crippen LogP contribution in [0.3, 0.4) is 0 Å². The Morgan fingerprint density at radius 1 is 1.17 bits per heavy atom. The molecule has 1 aliphatic rings. The standard InChI is InChI=1S/C17H25N3O2S/c1-18(16-8-11-20(12-9-16)23(2,21)22)13-14-19-10-7-15-5-3-4-6-17(15)19/h3-7,10,16H,8-9,11-14H2,1-2H3. The van der Waals surface area contributed by atoms with E-state index in [0.29, 0.717) is 19.1 Å². The van der Waals surface area contributed by atoms with Crippen LogP contribution in [0.4, 0.5) is 0 Å². The zero-order valence-corrected chi connectivity index (χ0v) is 14.7. The van der Waals surface area contributed by atoms with Crippen LogP contribution in [0, 0.1) is 0 Å². The van der Waals surface area contributed by atoms with Crippen molar-refractivity contribution in [1.29, 1.82) is 0 Å². The summed E-state index contributed by atoms with van der Waals surface area (Å²) in [6.07, 6.45) is 5.27. The van der Waals surface area contributed by atoms with Gasteiger partial charge in [-0.15, -0.1) is 0 Å². The Hall–Kier alpha value is -1.37. The third kappa shape index (κ3) is 3.76. The SMILES string of the molecule is CN(CCn1ccc2ccccc21)C1CCN(S(C)(=O)=O)CC1. The van der Waals surface area contributed by atoms with E-state index >= 15 is 0 Å². The van der Waals surface area contributed by atoms with Crippen LogP contribution >= 0.6 is 0 Å². The number of rotatable bonds is 5. The maximum Gasteiger partial charge on any atom is 0.211 e. The van der Waals surface area contributed by atoms with Gasteiger partial charge in [-0.25, -0.2) is 12.7 Å². The van der Waals surface area contributed by atoms with Crippen LogP contribution in [0.2, 0.25) is 0 Å². The number of piperidine rings is 1. The molecule has 2 aromatic rings. The fourth-order valence-electron chi connectivity index (χ4n) is 3.40. The van der Waals surface area contributed by atoms with E-state index in [1.165, 1.54) is 17.2 Å². The van der Waals surface area contributed by atoms with E-state index in [-0.39, 0.29) is 0 Å². The van der Waals surface area contributed by atoms with Crippen molar-refractivity contribution in [2.24, 2.45) is 0 Å².